The smallest absolute Gasteiger partial charge is 0.332 e. The van der Waals surface area contributed by atoms with Crippen LogP contribution in [-0.2, 0) is 14.1 Å². The molecule has 19 heavy (non-hydrogen) atoms. The zero-order valence-corrected chi connectivity index (χ0v) is 11.9. The quantitative estimate of drug-likeness (QED) is 0.874. The van der Waals surface area contributed by atoms with Crippen molar-refractivity contribution in [1.29, 1.82) is 0 Å². The van der Waals surface area contributed by atoms with Gasteiger partial charge in [-0.3, -0.25) is 13.9 Å². The average molecular weight is 265 g/mol. The molecule has 1 unspecified atom stereocenters. The molecule has 2 aromatic heterocycles. The highest BCUT2D eigenvalue weighted by Crippen LogP contribution is 2.17. The molecular formula is C12H19N5O2. The third-order valence-electron chi connectivity index (χ3n) is 3.56. The van der Waals surface area contributed by atoms with Crippen molar-refractivity contribution >= 4 is 17.1 Å². The fourth-order valence-corrected chi connectivity index (χ4v) is 2.19. The first-order valence-corrected chi connectivity index (χ1v) is 6.29. The summed E-state index contributed by atoms with van der Waals surface area (Å²) in [5.41, 5.74) is 0.227. The Kier molecular flexibility index (Phi) is 3.21. The number of aromatic nitrogens is 4. The fraction of sp³-hybridized carbons (Fsp3) is 0.583. The molecule has 0 aromatic carbocycles. The van der Waals surface area contributed by atoms with Crippen molar-refractivity contribution in [2.45, 2.75) is 26.3 Å². The standard InChI is InChI=1S/C12H19N5O2/c1-6-7(2)17-9-8(10(18)16(5)12(17)19)15(4)11(13-3)14-9/h7H,6H2,1-5H3,(H,13,14). The van der Waals surface area contributed by atoms with Gasteiger partial charge in [0.1, 0.15) is 0 Å². The van der Waals surface area contributed by atoms with E-state index in [2.05, 4.69) is 10.3 Å². The van der Waals surface area contributed by atoms with Crippen LogP contribution in [0.2, 0.25) is 0 Å². The van der Waals surface area contributed by atoms with Gasteiger partial charge in [-0.1, -0.05) is 6.92 Å². The second-order valence-electron chi connectivity index (χ2n) is 4.69. The fourth-order valence-electron chi connectivity index (χ4n) is 2.19. The van der Waals surface area contributed by atoms with E-state index in [1.807, 2.05) is 13.8 Å². The number of hydrogen-bond donors (Lipinski definition) is 1. The Bertz CT molecular complexity index is 737. The van der Waals surface area contributed by atoms with Crippen LogP contribution in [0.3, 0.4) is 0 Å². The van der Waals surface area contributed by atoms with Crippen LogP contribution < -0.4 is 16.6 Å². The Morgan fingerprint density at radius 2 is 1.89 bits per heavy atom. The van der Waals surface area contributed by atoms with Crippen LogP contribution in [0.1, 0.15) is 26.3 Å². The number of aryl methyl sites for hydroxylation is 1. The second-order valence-corrected chi connectivity index (χ2v) is 4.69. The molecule has 7 nitrogen and oxygen atoms in total. The summed E-state index contributed by atoms with van der Waals surface area (Å²) in [5, 5.41) is 2.92. The van der Waals surface area contributed by atoms with Gasteiger partial charge in [0.25, 0.3) is 5.56 Å². The lowest BCUT2D eigenvalue weighted by Gasteiger charge is -2.14. The minimum Gasteiger partial charge on any atom is -0.359 e. The van der Waals surface area contributed by atoms with Gasteiger partial charge < -0.3 is 9.88 Å². The number of rotatable bonds is 3. The lowest BCUT2D eigenvalue weighted by Crippen LogP contribution is -2.39. The molecule has 104 valence electrons. The number of anilines is 1. The Hall–Kier alpha value is -2.05. The van der Waals surface area contributed by atoms with Gasteiger partial charge in [-0.2, -0.15) is 4.98 Å². The molecule has 7 heteroatoms. The van der Waals surface area contributed by atoms with Gasteiger partial charge in [0.05, 0.1) is 0 Å². The summed E-state index contributed by atoms with van der Waals surface area (Å²) in [6, 6.07) is -0.0126. The van der Waals surface area contributed by atoms with Crippen LogP contribution in [0.5, 0.6) is 0 Å². The van der Waals surface area contributed by atoms with E-state index in [0.29, 0.717) is 17.1 Å². The summed E-state index contributed by atoms with van der Waals surface area (Å²) in [6.45, 7) is 3.94. The maximum atomic E-state index is 12.3. The van der Waals surface area contributed by atoms with E-state index < -0.39 is 0 Å². The normalized spacial score (nSPS) is 12.9. The van der Waals surface area contributed by atoms with Gasteiger partial charge in [0.15, 0.2) is 11.2 Å². The van der Waals surface area contributed by atoms with Crippen molar-refractivity contribution < 1.29 is 0 Å². The molecule has 2 aromatic rings. The highest BCUT2D eigenvalue weighted by atomic mass is 16.2. The Morgan fingerprint density at radius 3 is 2.42 bits per heavy atom. The van der Waals surface area contributed by atoms with Crippen LogP contribution in [0.4, 0.5) is 5.95 Å². The molecule has 0 spiro atoms. The van der Waals surface area contributed by atoms with Crippen molar-refractivity contribution in [2.75, 3.05) is 12.4 Å². The average Bonchev–Trinajstić information content (AvgIpc) is 2.73. The van der Waals surface area contributed by atoms with E-state index in [-0.39, 0.29) is 17.3 Å². The summed E-state index contributed by atoms with van der Waals surface area (Å²) in [7, 11) is 4.99. The predicted molar refractivity (Wildman–Crippen MR) is 74.8 cm³/mol. The highest BCUT2D eigenvalue weighted by molar-refractivity contribution is 5.74. The Balaban J connectivity index is 3.04. The zero-order valence-electron chi connectivity index (χ0n) is 11.9. The predicted octanol–water partition coefficient (Wildman–Crippen LogP) is 0.446. The maximum Gasteiger partial charge on any atom is 0.332 e. The Labute approximate surface area is 110 Å². The molecule has 1 N–H and O–H groups in total. The number of fused-ring (bicyclic) bond motifs is 1. The largest absolute Gasteiger partial charge is 0.359 e. The summed E-state index contributed by atoms with van der Waals surface area (Å²) in [5.74, 6) is 0.565. The van der Waals surface area contributed by atoms with Gasteiger partial charge in [-0.05, 0) is 13.3 Å². The van der Waals surface area contributed by atoms with Crippen LogP contribution in [0.15, 0.2) is 9.59 Å². The van der Waals surface area contributed by atoms with Gasteiger partial charge in [0.2, 0.25) is 5.95 Å². The van der Waals surface area contributed by atoms with Crippen molar-refractivity contribution in [3.63, 3.8) is 0 Å². The van der Waals surface area contributed by atoms with Gasteiger partial charge in [-0.15, -0.1) is 0 Å². The first kappa shape index (κ1) is 13.4. The van der Waals surface area contributed by atoms with E-state index in [0.717, 1.165) is 11.0 Å². The van der Waals surface area contributed by atoms with Gasteiger partial charge in [0, 0.05) is 27.2 Å². The van der Waals surface area contributed by atoms with E-state index in [4.69, 9.17) is 0 Å². The maximum absolute atomic E-state index is 12.3. The highest BCUT2D eigenvalue weighted by Gasteiger charge is 2.20. The summed E-state index contributed by atoms with van der Waals surface area (Å²) < 4.78 is 4.39. The number of nitrogens with zero attached hydrogens (tertiary/aromatic N) is 4. The molecule has 1 atom stereocenters. The second kappa shape index (κ2) is 4.56. The third-order valence-corrected chi connectivity index (χ3v) is 3.56. The van der Waals surface area contributed by atoms with E-state index in [1.54, 1.807) is 23.2 Å². The van der Waals surface area contributed by atoms with Crippen molar-refractivity contribution in [2.24, 2.45) is 14.1 Å². The lowest BCUT2D eigenvalue weighted by atomic mass is 10.2. The first-order chi connectivity index (χ1) is 8.93. The SMILES string of the molecule is CCC(C)n1c(=O)n(C)c(=O)c2c1nc(NC)n2C. The van der Waals surface area contributed by atoms with Crippen LogP contribution in [0.25, 0.3) is 11.2 Å². The summed E-state index contributed by atoms with van der Waals surface area (Å²) >= 11 is 0. The van der Waals surface area contributed by atoms with Crippen molar-refractivity contribution in [3.8, 4) is 0 Å². The molecule has 0 amide bonds. The molecule has 0 radical (unpaired) electrons. The molecular weight excluding hydrogens is 246 g/mol. The van der Waals surface area contributed by atoms with E-state index >= 15 is 0 Å². The lowest BCUT2D eigenvalue weighted by molar-refractivity contribution is 0.499. The van der Waals surface area contributed by atoms with E-state index in [1.165, 1.54) is 7.05 Å². The summed E-state index contributed by atoms with van der Waals surface area (Å²) in [6.07, 6.45) is 0.790. The molecule has 0 aliphatic rings. The number of imidazole rings is 1. The monoisotopic (exact) mass is 265 g/mol. The van der Waals surface area contributed by atoms with Crippen molar-refractivity contribution in [3.05, 3.63) is 20.8 Å². The zero-order chi connectivity index (χ0) is 14.3. The first-order valence-electron chi connectivity index (χ1n) is 6.29. The minimum absolute atomic E-state index is 0.0126. The van der Waals surface area contributed by atoms with Gasteiger partial charge in [-0.25, -0.2) is 4.79 Å². The molecule has 0 saturated heterocycles. The van der Waals surface area contributed by atoms with Crippen LogP contribution in [-0.4, -0.2) is 25.7 Å². The topological polar surface area (TPSA) is 73.8 Å². The van der Waals surface area contributed by atoms with Gasteiger partial charge >= 0.3 is 5.69 Å². The minimum atomic E-state index is -0.326. The molecule has 2 rings (SSSR count). The molecule has 0 saturated carbocycles. The molecule has 0 aliphatic heterocycles. The van der Waals surface area contributed by atoms with Crippen molar-refractivity contribution in [1.82, 2.24) is 18.7 Å². The van der Waals surface area contributed by atoms with Crippen LogP contribution in [0, 0.1) is 0 Å². The molecule has 0 aliphatic carbocycles. The number of hydrogen-bond acceptors (Lipinski definition) is 4. The number of nitrogens with one attached hydrogen (secondary N) is 1. The van der Waals surface area contributed by atoms with E-state index in [9.17, 15) is 9.59 Å². The third kappa shape index (κ3) is 1.76. The molecule has 0 bridgehead atoms. The molecule has 0 fully saturated rings. The van der Waals surface area contributed by atoms with Crippen LogP contribution >= 0.6 is 0 Å². The molecule has 2 heterocycles. The summed E-state index contributed by atoms with van der Waals surface area (Å²) in [4.78, 5) is 28.9. The Morgan fingerprint density at radius 1 is 1.26 bits per heavy atom.